The van der Waals surface area contributed by atoms with Crippen molar-refractivity contribution in [3.05, 3.63) is 27.7 Å². The highest BCUT2D eigenvalue weighted by Crippen LogP contribution is 2.45. The maximum absolute atomic E-state index is 12.4. The normalized spacial score (nSPS) is 29.9. The van der Waals surface area contributed by atoms with Crippen molar-refractivity contribution in [3.8, 4) is 0 Å². The maximum Gasteiger partial charge on any atom is 0.242 e. The number of fused-ring (bicyclic) bond motifs is 2. The van der Waals surface area contributed by atoms with Crippen LogP contribution in [-0.4, -0.2) is 14.5 Å². The van der Waals surface area contributed by atoms with E-state index >= 15 is 0 Å². The van der Waals surface area contributed by atoms with E-state index < -0.39 is 10.0 Å². The van der Waals surface area contributed by atoms with E-state index in [2.05, 4.69) is 20.7 Å². The van der Waals surface area contributed by atoms with Crippen LogP contribution in [0.25, 0.3) is 0 Å². The fraction of sp³-hybridized carbons (Fsp3) is 0.538. The molecule has 6 heteroatoms. The number of hydrogen-bond donors (Lipinski definition) is 1. The Morgan fingerprint density at radius 2 is 2.05 bits per heavy atom. The predicted octanol–water partition coefficient (Wildman–Crippen LogP) is 3.57. The minimum absolute atomic E-state index is 0.0865. The van der Waals surface area contributed by atoms with Gasteiger partial charge in [0.05, 0.1) is 5.02 Å². The highest BCUT2D eigenvalue weighted by Gasteiger charge is 2.41. The van der Waals surface area contributed by atoms with Crippen molar-refractivity contribution < 1.29 is 8.42 Å². The standard InChI is InChI=1S/C13H15BrClNO2S/c14-10-3-4-13(11(15)7-10)19(17,18)16-12-6-8-1-2-9(12)5-8/h3-4,7-9,12,16H,1-2,5-6H2. The molecule has 2 aliphatic carbocycles. The highest BCUT2D eigenvalue weighted by atomic mass is 79.9. The molecule has 0 saturated heterocycles. The third kappa shape index (κ3) is 2.71. The van der Waals surface area contributed by atoms with Gasteiger partial charge >= 0.3 is 0 Å². The molecule has 1 aromatic carbocycles. The van der Waals surface area contributed by atoms with Gasteiger partial charge in [-0.05, 0) is 49.3 Å². The number of halogens is 2. The van der Waals surface area contributed by atoms with Gasteiger partial charge in [0, 0.05) is 10.5 Å². The Hall–Kier alpha value is -0.100. The van der Waals surface area contributed by atoms with Crippen molar-refractivity contribution in [2.75, 3.05) is 0 Å². The van der Waals surface area contributed by atoms with Crippen LogP contribution in [0.1, 0.15) is 25.7 Å². The molecule has 0 radical (unpaired) electrons. The van der Waals surface area contributed by atoms with Crippen LogP contribution in [0.15, 0.2) is 27.6 Å². The van der Waals surface area contributed by atoms with E-state index in [1.165, 1.54) is 12.8 Å². The molecular formula is C13H15BrClNO2S. The number of hydrogen-bond acceptors (Lipinski definition) is 2. The first-order valence-corrected chi connectivity index (χ1v) is 9.08. The van der Waals surface area contributed by atoms with Crippen molar-refractivity contribution in [2.45, 2.75) is 36.6 Å². The van der Waals surface area contributed by atoms with Gasteiger partial charge in [-0.1, -0.05) is 34.0 Å². The monoisotopic (exact) mass is 363 g/mol. The van der Waals surface area contributed by atoms with E-state index in [-0.39, 0.29) is 16.0 Å². The van der Waals surface area contributed by atoms with Gasteiger partial charge in [-0.25, -0.2) is 13.1 Å². The topological polar surface area (TPSA) is 46.2 Å². The SMILES string of the molecule is O=S(=O)(NC1CC2CCC1C2)c1ccc(Br)cc1Cl. The molecule has 0 heterocycles. The molecule has 104 valence electrons. The summed E-state index contributed by atoms with van der Waals surface area (Å²) >= 11 is 9.31. The summed E-state index contributed by atoms with van der Waals surface area (Å²) in [6, 6.07) is 4.93. The number of rotatable bonds is 3. The third-order valence-electron chi connectivity index (χ3n) is 4.23. The molecule has 3 unspecified atom stereocenters. The van der Waals surface area contributed by atoms with Crippen LogP contribution in [0.3, 0.4) is 0 Å². The summed E-state index contributed by atoms with van der Waals surface area (Å²) in [6.07, 6.45) is 4.53. The molecule has 0 aromatic heterocycles. The Bertz CT molecular complexity index is 605. The molecule has 3 nitrogen and oxygen atoms in total. The second kappa shape index (κ2) is 5.02. The summed E-state index contributed by atoms with van der Waals surface area (Å²) in [6.45, 7) is 0. The molecule has 1 N–H and O–H groups in total. The highest BCUT2D eigenvalue weighted by molar-refractivity contribution is 9.10. The van der Waals surface area contributed by atoms with Crippen LogP contribution in [0.2, 0.25) is 5.02 Å². The molecule has 2 aliphatic rings. The number of sulfonamides is 1. The lowest BCUT2D eigenvalue weighted by Crippen LogP contribution is -2.38. The Balaban J connectivity index is 1.83. The van der Waals surface area contributed by atoms with Gasteiger partial charge in [0.2, 0.25) is 10.0 Å². The quantitative estimate of drug-likeness (QED) is 0.891. The molecule has 0 amide bonds. The summed E-state index contributed by atoms with van der Waals surface area (Å²) in [7, 11) is -3.52. The fourth-order valence-electron chi connectivity index (χ4n) is 3.34. The average Bonchev–Trinajstić information content (AvgIpc) is 2.89. The van der Waals surface area contributed by atoms with Gasteiger partial charge in [0.25, 0.3) is 0 Å². The van der Waals surface area contributed by atoms with Crippen molar-refractivity contribution in [1.29, 1.82) is 0 Å². The number of benzene rings is 1. The van der Waals surface area contributed by atoms with E-state index in [0.29, 0.717) is 11.8 Å². The average molecular weight is 365 g/mol. The second-order valence-electron chi connectivity index (χ2n) is 5.48. The predicted molar refractivity (Wildman–Crippen MR) is 78.7 cm³/mol. The van der Waals surface area contributed by atoms with E-state index in [9.17, 15) is 8.42 Å². The van der Waals surface area contributed by atoms with Crippen molar-refractivity contribution in [2.24, 2.45) is 11.8 Å². The van der Waals surface area contributed by atoms with Crippen LogP contribution in [0, 0.1) is 11.8 Å². The van der Waals surface area contributed by atoms with Crippen LogP contribution in [0.5, 0.6) is 0 Å². The Labute approximate surface area is 126 Å². The van der Waals surface area contributed by atoms with E-state index in [1.807, 2.05) is 0 Å². The molecule has 2 fully saturated rings. The zero-order chi connectivity index (χ0) is 13.6. The summed E-state index contributed by atoms with van der Waals surface area (Å²) in [4.78, 5) is 0.167. The Morgan fingerprint density at radius 1 is 1.26 bits per heavy atom. The van der Waals surface area contributed by atoms with Crippen LogP contribution in [0.4, 0.5) is 0 Å². The molecule has 19 heavy (non-hydrogen) atoms. The van der Waals surface area contributed by atoms with Gasteiger partial charge in [-0.2, -0.15) is 0 Å². The van der Waals surface area contributed by atoms with E-state index in [1.54, 1.807) is 18.2 Å². The van der Waals surface area contributed by atoms with E-state index in [0.717, 1.165) is 17.3 Å². The van der Waals surface area contributed by atoms with E-state index in [4.69, 9.17) is 11.6 Å². The molecule has 3 rings (SSSR count). The van der Waals surface area contributed by atoms with Gasteiger partial charge < -0.3 is 0 Å². The fourth-order valence-corrected chi connectivity index (χ4v) is 5.70. The lowest BCUT2D eigenvalue weighted by Gasteiger charge is -2.23. The molecule has 0 spiro atoms. The first kappa shape index (κ1) is 13.9. The summed E-state index contributed by atoms with van der Waals surface area (Å²) in [5.41, 5.74) is 0. The summed E-state index contributed by atoms with van der Waals surface area (Å²) in [5.74, 6) is 1.21. The van der Waals surface area contributed by atoms with Gasteiger partial charge in [-0.15, -0.1) is 0 Å². The van der Waals surface area contributed by atoms with Gasteiger partial charge in [-0.3, -0.25) is 0 Å². The van der Waals surface area contributed by atoms with Crippen LogP contribution >= 0.6 is 27.5 Å². The smallest absolute Gasteiger partial charge is 0.208 e. The molecule has 2 bridgehead atoms. The molecule has 3 atom stereocenters. The summed E-state index contributed by atoms with van der Waals surface area (Å²) < 4.78 is 28.4. The van der Waals surface area contributed by atoms with Gasteiger partial charge in [0.1, 0.15) is 4.90 Å². The van der Waals surface area contributed by atoms with Crippen LogP contribution in [-0.2, 0) is 10.0 Å². The molecular weight excluding hydrogens is 350 g/mol. The first-order valence-electron chi connectivity index (χ1n) is 6.43. The largest absolute Gasteiger partial charge is 0.242 e. The second-order valence-corrected chi connectivity index (χ2v) is 8.48. The molecule has 0 aliphatic heterocycles. The van der Waals surface area contributed by atoms with Gasteiger partial charge in [0.15, 0.2) is 0 Å². The summed E-state index contributed by atoms with van der Waals surface area (Å²) in [5, 5.41) is 0.255. The minimum Gasteiger partial charge on any atom is -0.208 e. The van der Waals surface area contributed by atoms with Crippen molar-refractivity contribution >= 4 is 37.6 Å². The number of nitrogens with one attached hydrogen (secondary N) is 1. The first-order chi connectivity index (χ1) is 8.95. The Morgan fingerprint density at radius 3 is 2.63 bits per heavy atom. The molecule has 1 aromatic rings. The van der Waals surface area contributed by atoms with Crippen molar-refractivity contribution in [3.63, 3.8) is 0 Å². The lowest BCUT2D eigenvalue weighted by molar-refractivity contribution is 0.390. The lowest BCUT2D eigenvalue weighted by atomic mass is 9.96. The minimum atomic E-state index is -3.52. The zero-order valence-electron chi connectivity index (χ0n) is 10.3. The van der Waals surface area contributed by atoms with Crippen molar-refractivity contribution in [1.82, 2.24) is 4.72 Å². The zero-order valence-corrected chi connectivity index (χ0v) is 13.4. The Kier molecular flexibility index (Phi) is 3.67. The molecule has 2 saturated carbocycles. The van der Waals surface area contributed by atoms with Crippen LogP contribution < -0.4 is 4.72 Å². The maximum atomic E-state index is 12.4. The third-order valence-corrected chi connectivity index (χ3v) is 6.69.